The summed E-state index contributed by atoms with van der Waals surface area (Å²) in [6.45, 7) is 7.96. The van der Waals surface area contributed by atoms with Crippen LogP contribution in [-0.4, -0.2) is 48.3 Å². The maximum Gasteiger partial charge on any atom is 0.408 e. The highest BCUT2D eigenvalue weighted by molar-refractivity contribution is 5.83. The van der Waals surface area contributed by atoms with Gasteiger partial charge in [0.15, 0.2) is 6.04 Å². The third kappa shape index (κ3) is 5.19. The number of rotatable bonds is 4. The monoisotopic (exact) mass is 378 g/mol. The summed E-state index contributed by atoms with van der Waals surface area (Å²) in [5, 5.41) is 2.53. The van der Waals surface area contributed by atoms with Gasteiger partial charge in [0, 0.05) is 6.54 Å². The number of benzene rings is 1. The molecule has 3 saturated heterocycles. The van der Waals surface area contributed by atoms with Crippen molar-refractivity contribution < 1.29 is 23.5 Å². The molecule has 3 aliphatic heterocycles. The van der Waals surface area contributed by atoms with Crippen LogP contribution >= 0.6 is 0 Å². The van der Waals surface area contributed by atoms with Gasteiger partial charge in [-0.05, 0) is 70.3 Å². The Morgan fingerprint density at radius 1 is 1.26 bits per heavy atom. The molecule has 2 unspecified atom stereocenters. The molecule has 0 radical (unpaired) electrons. The van der Waals surface area contributed by atoms with Gasteiger partial charge in [-0.15, -0.1) is 0 Å². The smallest absolute Gasteiger partial charge is 0.408 e. The van der Waals surface area contributed by atoms with Crippen molar-refractivity contribution in [3.63, 3.8) is 0 Å². The predicted octanol–water partition coefficient (Wildman–Crippen LogP) is 3.03. The van der Waals surface area contributed by atoms with Crippen molar-refractivity contribution in [1.29, 1.82) is 0 Å². The quantitative estimate of drug-likeness (QED) is 0.816. The third-order valence-corrected chi connectivity index (χ3v) is 4.94. The highest BCUT2D eigenvalue weighted by atomic mass is 19.1. The molecule has 6 nitrogen and oxygen atoms in total. The van der Waals surface area contributed by atoms with Gasteiger partial charge >= 0.3 is 12.1 Å². The zero-order valence-electron chi connectivity index (χ0n) is 16.0. The van der Waals surface area contributed by atoms with Crippen LogP contribution in [0.4, 0.5) is 9.18 Å². The summed E-state index contributed by atoms with van der Waals surface area (Å²) in [7, 11) is 0. The van der Waals surface area contributed by atoms with Crippen molar-refractivity contribution >= 4 is 12.1 Å². The van der Waals surface area contributed by atoms with E-state index >= 15 is 0 Å². The summed E-state index contributed by atoms with van der Waals surface area (Å²) in [6.07, 6.45) is 1.06. The lowest BCUT2D eigenvalue weighted by atomic mass is 9.86. The minimum atomic E-state index is -1.12. The summed E-state index contributed by atoms with van der Waals surface area (Å²) in [4.78, 5) is 27.3. The molecule has 7 heteroatoms. The fourth-order valence-corrected chi connectivity index (χ4v) is 3.65. The summed E-state index contributed by atoms with van der Waals surface area (Å²) >= 11 is 0. The number of amides is 1. The van der Waals surface area contributed by atoms with Gasteiger partial charge in [0.1, 0.15) is 17.5 Å². The van der Waals surface area contributed by atoms with Gasteiger partial charge in [0.25, 0.3) is 0 Å². The van der Waals surface area contributed by atoms with Crippen LogP contribution in [-0.2, 0) is 14.3 Å². The van der Waals surface area contributed by atoms with E-state index in [4.69, 9.17) is 9.47 Å². The average Bonchev–Trinajstić information content (AvgIpc) is 2.59. The zero-order valence-corrected chi connectivity index (χ0v) is 16.0. The largest absolute Gasteiger partial charge is 0.459 e. The van der Waals surface area contributed by atoms with E-state index < -0.39 is 29.5 Å². The Hall–Kier alpha value is -2.15. The van der Waals surface area contributed by atoms with Crippen molar-refractivity contribution in [2.45, 2.75) is 51.4 Å². The minimum Gasteiger partial charge on any atom is -0.459 e. The standard InChI is InChI=1S/C20H27FN2O4/c1-20(2,3)27-19(25)22-17(14-5-4-6-15(21)11-14)18(24)26-16-12-23-9-7-13(16)8-10-23/h4-6,11,13,16-17H,7-10,12H2,1-3H3,(H,22,25). The summed E-state index contributed by atoms with van der Waals surface area (Å²) in [5.74, 6) is -0.738. The minimum absolute atomic E-state index is 0.198. The summed E-state index contributed by atoms with van der Waals surface area (Å²) in [5.41, 5.74) is -0.386. The molecule has 3 fully saturated rings. The number of fused-ring (bicyclic) bond motifs is 3. The number of esters is 1. The average molecular weight is 378 g/mol. The normalized spacial score (nSPS) is 25.6. The second-order valence-electron chi connectivity index (χ2n) is 8.25. The Morgan fingerprint density at radius 3 is 2.52 bits per heavy atom. The van der Waals surface area contributed by atoms with E-state index in [0.29, 0.717) is 18.0 Å². The van der Waals surface area contributed by atoms with Crippen LogP contribution in [0.2, 0.25) is 0 Å². The van der Waals surface area contributed by atoms with E-state index in [1.165, 1.54) is 18.2 Å². The van der Waals surface area contributed by atoms with Gasteiger partial charge in [0.2, 0.25) is 0 Å². The second-order valence-corrected chi connectivity index (χ2v) is 8.25. The number of alkyl carbamates (subject to hydrolysis) is 1. The number of piperidine rings is 3. The van der Waals surface area contributed by atoms with Crippen LogP contribution in [0.15, 0.2) is 24.3 Å². The Balaban J connectivity index is 1.74. The molecule has 1 aromatic rings. The molecule has 27 heavy (non-hydrogen) atoms. The molecule has 2 bridgehead atoms. The molecular weight excluding hydrogens is 351 g/mol. The molecule has 0 aromatic heterocycles. The van der Waals surface area contributed by atoms with Crippen LogP contribution < -0.4 is 5.32 Å². The molecule has 1 N–H and O–H groups in total. The molecule has 0 saturated carbocycles. The first-order chi connectivity index (χ1) is 12.7. The van der Waals surface area contributed by atoms with E-state index in [2.05, 4.69) is 10.2 Å². The van der Waals surface area contributed by atoms with E-state index in [1.807, 2.05) is 0 Å². The molecule has 148 valence electrons. The van der Waals surface area contributed by atoms with Gasteiger partial charge in [-0.25, -0.2) is 14.0 Å². The fourth-order valence-electron chi connectivity index (χ4n) is 3.65. The number of carbonyl (C=O) groups is 2. The number of carbonyl (C=O) groups excluding carboxylic acids is 2. The van der Waals surface area contributed by atoms with Crippen molar-refractivity contribution in [2.24, 2.45) is 5.92 Å². The zero-order chi connectivity index (χ0) is 19.6. The van der Waals surface area contributed by atoms with Crippen molar-refractivity contribution in [2.75, 3.05) is 19.6 Å². The van der Waals surface area contributed by atoms with Crippen LogP contribution in [0.3, 0.4) is 0 Å². The number of nitrogens with one attached hydrogen (secondary N) is 1. The molecule has 0 spiro atoms. The lowest BCUT2D eigenvalue weighted by molar-refractivity contribution is -0.161. The summed E-state index contributed by atoms with van der Waals surface area (Å²) < 4.78 is 24.7. The van der Waals surface area contributed by atoms with Gasteiger partial charge < -0.3 is 14.8 Å². The Kier molecular flexibility index (Phi) is 5.69. The van der Waals surface area contributed by atoms with Crippen LogP contribution in [0.5, 0.6) is 0 Å². The van der Waals surface area contributed by atoms with Crippen molar-refractivity contribution in [1.82, 2.24) is 10.2 Å². The van der Waals surface area contributed by atoms with E-state index in [0.717, 1.165) is 25.9 Å². The predicted molar refractivity (Wildman–Crippen MR) is 97.6 cm³/mol. The second kappa shape index (κ2) is 7.84. The lowest BCUT2D eigenvalue weighted by Gasteiger charge is -2.44. The molecule has 3 aliphatic rings. The molecule has 3 heterocycles. The first-order valence-electron chi connectivity index (χ1n) is 9.39. The highest BCUT2D eigenvalue weighted by Crippen LogP contribution is 2.30. The topological polar surface area (TPSA) is 67.9 Å². The molecule has 4 rings (SSSR count). The number of ether oxygens (including phenoxy) is 2. The first kappa shape index (κ1) is 19.6. The fraction of sp³-hybridized carbons (Fsp3) is 0.600. The van der Waals surface area contributed by atoms with Crippen LogP contribution in [0.1, 0.15) is 45.2 Å². The number of hydrogen-bond acceptors (Lipinski definition) is 5. The maximum atomic E-state index is 13.7. The molecule has 1 amide bonds. The molecular formula is C20H27FN2O4. The van der Waals surface area contributed by atoms with Gasteiger partial charge in [-0.1, -0.05) is 12.1 Å². The molecule has 1 aromatic carbocycles. The first-order valence-corrected chi connectivity index (χ1v) is 9.39. The lowest BCUT2D eigenvalue weighted by Crippen LogP contribution is -2.52. The van der Waals surface area contributed by atoms with Gasteiger partial charge in [-0.2, -0.15) is 0 Å². The Bertz CT molecular complexity index is 695. The number of halogens is 1. The van der Waals surface area contributed by atoms with Crippen LogP contribution in [0, 0.1) is 11.7 Å². The van der Waals surface area contributed by atoms with E-state index in [9.17, 15) is 14.0 Å². The third-order valence-electron chi connectivity index (χ3n) is 4.94. The van der Waals surface area contributed by atoms with Crippen molar-refractivity contribution in [3.05, 3.63) is 35.6 Å². The summed E-state index contributed by atoms with van der Waals surface area (Å²) in [6, 6.07) is 4.47. The van der Waals surface area contributed by atoms with Crippen LogP contribution in [0.25, 0.3) is 0 Å². The van der Waals surface area contributed by atoms with Crippen molar-refractivity contribution in [3.8, 4) is 0 Å². The van der Waals surface area contributed by atoms with Gasteiger partial charge in [0.05, 0.1) is 0 Å². The Morgan fingerprint density at radius 2 is 1.96 bits per heavy atom. The Labute approximate surface area is 159 Å². The number of hydrogen-bond donors (Lipinski definition) is 1. The molecule has 2 atom stereocenters. The highest BCUT2D eigenvalue weighted by Gasteiger charge is 2.38. The van der Waals surface area contributed by atoms with Gasteiger partial charge in [-0.3, -0.25) is 4.90 Å². The molecule has 0 aliphatic carbocycles. The maximum absolute atomic E-state index is 13.7. The van der Waals surface area contributed by atoms with E-state index in [1.54, 1.807) is 26.8 Å². The number of nitrogens with zero attached hydrogens (tertiary/aromatic N) is 1. The SMILES string of the molecule is CC(C)(C)OC(=O)NC(C(=O)OC1CN2CCC1CC2)c1cccc(F)c1. The van der Waals surface area contributed by atoms with E-state index in [-0.39, 0.29) is 6.10 Å².